The number of aromatic hydroxyl groups is 1. The second-order valence-electron chi connectivity index (χ2n) is 11.7. The number of nitrogens with one attached hydrogen (secondary N) is 2. The zero-order valence-electron chi connectivity index (χ0n) is 24.8. The molecular weight excluding hydrogens is 526 g/mol. The third-order valence-electron chi connectivity index (χ3n) is 7.07. The molecule has 8 nitrogen and oxygen atoms in total. The molecule has 2 aromatic carbocycles. The van der Waals surface area contributed by atoms with Crippen LogP contribution in [0, 0.1) is 26.7 Å². The van der Waals surface area contributed by atoms with Gasteiger partial charge in [0.25, 0.3) is 5.91 Å². The van der Waals surface area contributed by atoms with Crippen molar-refractivity contribution in [3.05, 3.63) is 58.7 Å². The lowest BCUT2D eigenvalue weighted by Gasteiger charge is -2.35. The van der Waals surface area contributed by atoms with Crippen LogP contribution in [0.15, 0.2) is 36.4 Å². The van der Waals surface area contributed by atoms with Crippen LogP contribution in [-0.2, 0) is 14.3 Å². The molecule has 1 saturated carbocycles. The predicted molar refractivity (Wildman–Crippen MR) is 161 cm³/mol. The molecule has 0 saturated heterocycles. The summed E-state index contributed by atoms with van der Waals surface area (Å²) in [7, 11) is 0. The predicted octanol–water partition coefficient (Wildman–Crippen LogP) is 5.88. The molecule has 0 radical (unpaired) electrons. The fraction of sp³-hybridized carbons (Fsp3) is 0.516. The summed E-state index contributed by atoms with van der Waals surface area (Å²) in [6.45, 7) is 13.0. The van der Waals surface area contributed by atoms with E-state index in [4.69, 9.17) is 4.74 Å². The minimum Gasteiger partial charge on any atom is -0.508 e. The van der Waals surface area contributed by atoms with Crippen LogP contribution < -0.4 is 10.6 Å². The SMILES string of the molecule is CSCCC(NC(=O)OC(C)(C)C)C(=O)N(C(C(=O)Nc1c(C)cccc1C)c1ccc(O)c(C)c1)C1CC1C. The van der Waals surface area contributed by atoms with Crippen molar-refractivity contribution < 1.29 is 24.2 Å². The van der Waals surface area contributed by atoms with Crippen molar-refractivity contribution in [2.75, 3.05) is 17.3 Å². The fourth-order valence-corrected chi connectivity index (χ4v) is 5.26. The van der Waals surface area contributed by atoms with Gasteiger partial charge in [-0.3, -0.25) is 9.59 Å². The number of benzene rings is 2. The van der Waals surface area contributed by atoms with Gasteiger partial charge in [-0.25, -0.2) is 4.79 Å². The van der Waals surface area contributed by atoms with Gasteiger partial charge in [-0.1, -0.05) is 31.2 Å². The van der Waals surface area contributed by atoms with Crippen LogP contribution in [0.2, 0.25) is 0 Å². The monoisotopic (exact) mass is 569 g/mol. The van der Waals surface area contributed by atoms with E-state index < -0.39 is 23.8 Å². The standard InChI is InChI=1S/C31H43N3O5S/c1-18-10-9-11-19(2)26(18)33-28(36)27(22-12-13-25(35)21(4)16-22)34(24-17-20(24)3)29(37)23(14-15-40-8)32-30(38)39-31(5,6)7/h9-13,16,20,23-24,27,35H,14-15,17H2,1-8H3,(H,32,38)(H,33,36). The summed E-state index contributed by atoms with van der Waals surface area (Å²) in [5, 5.41) is 16.1. The summed E-state index contributed by atoms with van der Waals surface area (Å²) in [5.74, 6) is 0.260. The molecule has 9 heteroatoms. The van der Waals surface area contributed by atoms with E-state index in [0.29, 0.717) is 29.0 Å². The zero-order chi connectivity index (χ0) is 29.8. The number of hydrogen-bond donors (Lipinski definition) is 3. The summed E-state index contributed by atoms with van der Waals surface area (Å²) in [5.41, 5.74) is 3.00. The molecule has 3 amide bonds. The van der Waals surface area contributed by atoms with Crippen molar-refractivity contribution >= 4 is 35.4 Å². The van der Waals surface area contributed by atoms with Crippen LogP contribution in [0.25, 0.3) is 0 Å². The van der Waals surface area contributed by atoms with Crippen molar-refractivity contribution in [3.63, 3.8) is 0 Å². The number of para-hydroxylation sites is 1. The van der Waals surface area contributed by atoms with E-state index in [0.717, 1.165) is 17.5 Å². The van der Waals surface area contributed by atoms with E-state index in [9.17, 15) is 19.5 Å². The van der Waals surface area contributed by atoms with Crippen LogP contribution in [0.4, 0.5) is 10.5 Å². The third-order valence-corrected chi connectivity index (χ3v) is 7.71. The van der Waals surface area contributed by atoms with Gasteiger partial charge in [0.2, 0.25) is 5.91 Å². The van der Waals surface area contributed by atoms with Crippen molar-refractivity contribution in [2.45, 2.75) is 85.0 Å². The maximum atomic E-state index is 14.4. The number of carbonyl (C=O) groups excluding carboxylic acids is 3. The lowest BCUT2D eigenvalue weighted by molar-refractivity contribution is -0.141. The molecule has 0 aromatic heterocycles. The molecule has 0 aliphatic heterocycles. The molecule has 1 aliphatic rings. The van der Waals surface area contributed by atoms with Crippen molar-refractivity contribution in [1.29, 1.82) is 0 Å². The number of aryl methyl sites for hydroxylation is 3. The highest BCUT2D eigenvalue weighted by Gasteiger charge is 2.48. The Kier molecular flexibility index (Phi) is 10.2. The second kappa shape index (κ2) is 13.0. The Balaban J connectivity index is 2.07. The molecule has 2 aromatic rings. The number of anilines is 1. The largest absolute Gasteiger partial charge is 0.508 e. The smallest absolute Gasteiger partial charge is 0.408 e. The van der Waals surface area contributed by atoms with Crippen LogP contribution >= 0.6 is 11.8 Å². The number of carbonyl (C=O) groups is 3. The molecule has 1 aliphatic carbocycles. The Hall–Kier alpha value is -3.20. The number of phenolic OH excluding ortho intramolecular Hbond substituents is 1. The average Bonchev–Trinajstić information content (AvgIpc) is 3.58. The molecule has 0 spiro atoms. The molecule has 0 heterocycles. The first-order chi connectivity index (χ1) is 18.7. The minimum atomic E-state index is -0.974. The first-order valence-electron chi connectivity index (χ1n) is 13.7. The topological polar surface area (TPSA) is 108 Å². The van der Waals surface area contributed by atoms with Crippen molar-refractivity contribution in [2.24, 2.45) is 5.92 Å². The number of phenols is 1. The van der Waals surface area contributed by atoms with Gasteiger partial charge in [-0.2, -0.15) is 11.8 Å². The van der Waals surface area contributed by atoms with Crippen molar-refractivity contribution in [3.8, 4) is 5.75 Å². The van der Waals surface area contributed by atoms with Gasteiger partial charge in [0, 0.05) is 11.7 Å². The number of hydrogen-bond acceptors (Lipinski definition) is 6. The summed E-state index contributed by atoms with van der Waals surface area (Å²) < 4.78 is 5.47. The van der Waals surface area contributed by atoms with E-state index in [-0.39, 0.29) is 29.5 Å². The second-order valence-corrected chi connectivity index (χ2v) is 12.7. The first-order valence-corrected chi connectivity index (χ1v) is 15.1. The van der Waals surface area contributed by atoms with Crippen LogP contribution in [0.3, 0.4) is 0 Å². The molecule has 4 atom stereocenters. The van der Waals surface area contributed by atoms with E-state index >= 15 is 0 Å². The first kappa shape index (κ1) is 31.3. The van der Waals surface area contributed by atoms with Gasteiger partial charge in [-0.05, 0) is 107 Å². The quantitative estimate of drug-likeness (QED) is 0.330. The fourth-order valence-electron chi connectivity index (χ4n) is 4.79. The van der Waals surface area contributed by atoms with E-state index in [2.05, 4.69) is 10.6 Å². The number of nitrogens with zero attached hydrogens (tertiary/aromatic N) is 1. The summed E-state index contributed by atoms with van der Waals surface area (Å²) in [6, 6.07) is 8.75. The van der Waals surface area contributed by atoms with E-state index in [1.807, 2.05) is 45.2 Å². The van der Waals surface area contributed by atoms with Gasteiger partial charge < -0.3 is 25.4 Å². The average molecular weight is 570 g/mol. The van der Waals surface area contributed by atoms with Gasteiger partial charge in [0.05, 0.1) is 0 Å². The van der Waals surface area contributed by atoms with E-state index in [1.165, 1.54) is 0 Å². The number of ether oxygens (including phenoxy) is 1. The molecule has 0 bridgehead atoms. The summed E-state index contributed by atoms with van der Waals surface area (Å²) in [4.78, 5) is 42.9. The maximum absolute atomic E-state index is 14.4. The Morgan fingerprint density at radius 3 is 2.25 bits per heavy atom. The lowest BCUT2D eigenvalue weighted by Crippen LogP contribution is -2.53. The van der Waals surface area contributed by atoms with Gasteiger partial charge in [0.1, 0.15) is 23.4 Å². The summed E-state index contributed by atoms with van der Waals surface area (Å²) in [6.07, 6.45) is 2.40. The van der Waals surface area contributed by atoms with Crippen LogP contribution in [0.1, 0.15) is 68.8 Å². The molecule has 3 N–H and O–H groups in total. The van der Waals surface area contributed by atoms with Crippen LogP contribution in [0.5, 0.6) is 5.75 Å². The molecule has 3 rings (SSSR count). The number of amides is 3. The zero-order valence-corrected chi connectivity index (χ0v) is 25.6. The lowest BCUT2D eigenvalue weighted by atomic mass is 9.99. The molecule has 1 fully saturated rings. The highest BCUT2D eigenvalue weighted by Crippen LogP contribution is 2.42. The number of alkyl carbamates (subject to hydrolysis) is 1. The molecule has 4 unspecified atom stereocenters. The Morgan fingerprint density at radius 1 is 1.10 bits per heavy atom. The number of thioether (sulfide) groups is 1. The normalized spacial score (nSPS) is 17.9. The molecular formula is C31H43N3O5S. The maximum Gasteiger partial charge on any atom is 0.408 e. The van der Waals surface area contributed by atoms with Gasteiger partial charge >= 0.3 is 6.09 Å². The van der Waals surface area contributed by atoms with Gasteiger partial charge in [0.15, 0.2) is 0 Å². The minimum absolute atomic E-state index is 0.111. The van der Waals surface area contributed by atoms with Crippen LogP contribution in [-0.4, -0.2) is 57.6 Å². The Labute approximate surface area is 242 Å². The van der Waals surface area contributed by atoms with Crippen molar-refractivity contribution in [1.82, 2.24) is 10.2 Å². The molecule has 40 heavy (non-hydrogen) atoms. The number of rotatable bonds is 10. The Bertz CT molecular complexity index is 1220. The van der Waals surface area contributed by atoms with Gasteiger partial charge in [-0.15, -0.1) is 0 Å². The summed E-state index contributed by atoms with van der Waals surface area (Å²) >= 11 is 1.57. The molecule has 218 valence electrons. The van der Waals surface area contributed by atoms with E-state index in [1.54, 1.807) is 62.6 Å². The highest BCUT2D eigenvalue weighted by molar-refractivity contribution is 7.98. The Morgan fingerprint density at radius 2 is 1.73 bits per heavy atom. The highest BCUT2D eigenvalue weighted by atomic mass is 32.2. The third kappa shape index (κ3) is 7.93.